The monoisotopic (exact) mass is 957 g/mol. The lowest BCUT2D eigenvalue weighted by molar-refractivity contribution is 0.502. The van der Waals surface area contributed by atoms with Crippen LogP contribution in [0, 0.1) is 17.8 Å². The van der Waals surface area contributed by atoms with Gasteiger partial charge < -0.3 is 21.3 Å². The molecule has 0 saturated carbocycles. The summed E-state index contributed by atoms with van der Waals surface area (Å²) >= 11 is 0. The zero-order valence-corrected chi connectivity index (χ0v) is 47.4. The quantitative estimate of drug-likeness (QED) is 0.0499. The van der Waals surface area contributed by atoms with Crippen LogP contribution in [0.3, 0.4) is 0 Å². The number of unbranched alkanes of at least 4 members (excludes halogenated alkanes) is 31. The van der Waals surface area contributed by atoms with Crippen LogP contribution >= 0.6 is 0 Å². The van der Waals surface area contributed by atoms with Crippen LogP contribution in [0.4, 0.5) is 0 Å². The molecule has 4 N–H and O–H groups in total. The Bertz CT molecular complexity index is 1310. The fourth-order valence-corrected chi connectivity index (χ4v) is 10.1. The number of hydrogen-bond donors (Lipinski definition) is 4. The van der Waals surface area contributed by atoms with Crippen LogP contribution in [0.25, 0.3) is 11.1 Å². The fourth-order valence-electron chi connectivity index (χ4n) is 10.1. The minimum absolute atomic E-state index is 0.762. The number of rotatable bonds is 52. The van der Waals surface area contributed by atoms with E-state index in [1.54, 1.807) is 0 Å². The third kappa shape index (κ3) is 41.5. The molecule has 2 aromatic rings. The van der Waals surface area contributed by atoms with Crippen molar-refractivity contribution in [2.75, 3.05) is 32.7 Å². The third-order valence-corrected chi connectivity index (χ3v) is 14.6. The zero-order valence-electron chi connectivity index (χ0n) is 47.4. The minimum atomic E-state index is 0.762. The Kier molecular flexibility index (Phi) is 43.5. The molecule has 0 aliphatic rings. The topological polar surface area (TPSA) is 48.1 Å². The second kappa shape index (κ2) is 47.3. The molecule has 2 rings (SSSR count). The van der Waals surface area contributed by atoms with Gasteiger partial charge in [-0.15, -0.1) is 0 Å². The van der Waals surface area contributed by atoms with Gasteiger partial charge in [0.1, 0.15) is 0 Å². The smallest absolute Gasteiger partial charge is 0.0205 e. The second-order valence-corrected chi connectivity index (χ2v) is 23.3. The summed E-state index contributed by atoms with van der Waals surface area (Å²) in [6.07, 6.45) is 50.6. The third-order valence-electron chi connectivity index (χ3n) is 14.6. The molecule has 2 aromatic carbocycles. The lowest BCUT2D eigenvalue weighted by Gasteiger charge is -2.13. The molecule has 0 radical (unpaired) electrons. The Labute approximate surface area is 432 Å². The van der Waals surface area contributed by atoms with Crippen molar-refractivity contribution in [1.82, 2.24) is 21.3 Å². The minimum Gasteiger partial charge on any atom is -0.316 e. The number of hydrogen-bond acceptors (Lipinski definition) is 4. The van der Waals surface area contributed by atoms with Crippen molar-refractivity contribution in [2.24, 2.45) is 17.8 Å². The molecule has 69 heavy (non-hydrogen) atoms. The van der Waals surface area contributed by atoms with Crippen molar-refractivity contribution in [3.8, 4) is 11.1 Å². The van der Waals surface area contributed by atoms with Gasteiger partial charge in [0.15, 0.2) is 0 Å². The van der Waals surface area contributed by atoms with E-state index in [-0.39, 0.29) is 0 Å². The van der Waals surface area contributed by atoms with Crippen LogP contribution in [0.15, 0.2) is 42.5 Å². The first kappa shape index (κ1) is 63.4. The van der Waals surface area contributed by atoms with Crippen molar-refractivity contribution < 1.29 is 0 Å². The highest BCUT2D eigenvalue weighted by Gasteiger charge is 2.07. The van der Waals surface area contributed by atoms with Crippen LogP contribution < -0.4 is 21.3 Å². The molecule has 4 heteroatoms. The van der Waals surface area contributed by atoms with E-state index in [2.05, 4.69) is 105 Å². The van der Waals surface area contributed by atoms with Crippen molar-refractivity contribution in [2.45, 2.75) is 292 Å². The molecule has 0 fully saturated rings. The summed E-state index contributed by atoms with van der Waals surface area (Å²) < 4.78 is 0. The summed E-state index contributed by atoms with van der Waals surface area (Å²) in [6, 6.07) is 16.7. The van der Waals surface area contributed by atoms with E-state index in [1.807, 2.05) is 0 Å². The average molecular weight is 958 g/mol. The molecule has 400 valence electrons. The van der Waals surface area contributed by atoms with Gasteiger partial charge in [-0.1, -0.05) is 271 Å². The Morgan fingerprint density at radius 1 is 0.275 bits per heavy atom. The maximum atomic E-state index is 3.83. The van der Waals surface area contributed by atoms with Gasteiger partial charge in [-0.3, -0.25) is 0 Å². The highest BCUT2D eigenvalue weighted by Crippen LogP contribution is 2.25. The summed E-state index contributed by atoms with van der Waals surface area (Å²) in [5.74, 6) is 2.50. The Morgan fingerprint density at radius 3 is 0.899 bits per heavy atom. The lowest BCUT2D eigenvalue weighted by atomic mass is 9.98. The predicted octanol–water partition coefficient (Wildman–Crippen LogP) is 19.2. The predicted molar refractivity (Wildman–Crippen MR) is 311 cm³/mol. The number of nitrogens with one attached hydrogen (secondary N) is 4. The molecule has 0 bridgehead atoms. The van der Waals surface area contributed by atoms with Gasteiger partial charge in [-0.25, -0.2) is 0 Å². The average Bonchev–Trinajstić information content (AvgIpc) is 3.33. The molecule has 0 aromatic heterocycles. The SMILES string of the molecule is CC(C)CCCCCCCCCCCCCCNCc1cc(CNCCCCCCCCCCCCCCC(C)C)cc(-c2cccc(CNCCCCCCCCCCCCNCC(C)C)c2)c1. The summed E-state index contributed by atoms with van der Waals surface area (Å²) in [7, 11) is 0. The van der Waals surface area contributed by atoms with Crippen LogP contribution in [-0.2, 0) is 19.6 Å². The first-order valence-corrected chi connectivity index (χ1v) is 30.9. The van der Waals surface area contributed by atoms with E-state index in [0.717, 1.165) is 63.6 Å². The van der Waals surface area contributed by atoms with E-state index < -0.39 is 0 Å². The van der Waals surface area contributed by atoms with Crippen molar-refractivity contribution in [1.29, 1.82) is 0 Å². The summed E-state index contributed by atoms with van der Waals surface area (Å²) in [5.41, 5.74) is 6.95. The van der Waals surface area contributed by atoms with Crippen molar-refractivity contribution in [3.63, 3.8) is 0 Å². The van der Waals surface area contributed by atoms with E-state index in [1.165, 1.54) is 266 Å². The zero-order chi connectivity index (χ0) is 49.5. The summed E-state index contributed by atoms with van der Waals surface area (Å²) in [5, 5.41) is 15.0. The van der Waals surface area contributed by atoms with E-state index in [4.69, 9.17) is 0 Å². The second-order valence-electron chi connectivity index (χ2n) is 23.3. The Hall–Kier alpha value is -1.72. The normalized spacial score (nSPS) is 11.9. The lowest BCUT2D eigenvalue weighted by Crippen LogP contribution is -2.20. The molecular weight excluding hydrogens is 837 g/mol. The van der Waals surface area contributed by atoms with Gasteiger partial charge in [0, 0.05) is 19.6 Å². The first-order chi connectivity index (χ1) is 33.8. The van der Waals surface area contributed by atoms with Gasteiger partial charge in [-0.05, 0) is 122 Å². The largest absolute Gasteiger partial charge is 0.316 e. The summed E-state index contributed by atoms with van der Waals surface area (Å²) in [4.78, 5) is 0. The highest BCUT2D eigenvalue weighted by atomic mass is 14.9. The first-order valence-electron chi connectivity index (χ1n) is 30.9. The molecule has 0 saturated heterocycles. The van der Waals surface area contributed by atoms with Gasteiger partial charge in [0.05, 0.1) is 0 Å². The van der Waals surface area contributed by atoms with Crippen LogP contribution in [0.1, 0.15) is 289 Å². The molecule has 0 aliphatic heterocycles. The number of benzene rings is 2. The highest BCUT2D eigenvalue weighted by molar-refractivity contribution is 5.66. The van der Waals surface area contributed by atoms with Crippen molar-refractivity contribution >= 4 is 0 Å². The van der Waals surface area contributed by atoms with Gasteiger partial charge >= 0.3 is 0 Å². The van der Waals surface area contributed by atoms with Gasteiger partial charge in [0.25, 0.3) is 0 Å². The molecule has 0 amide bonds. The van der Waals surface area contributed by atoms with Crippen LogP contribution in [0.2, 0.25) is 0 Å². The molecule has 0 atom stereocenters. The maximum Gasteiger partial charge on any atom is 0.0205 e. The molecule has 0 unspecified atom stereocenters. The van der Waals surface area contributed by atoms with Crippen LogP contribution in [0.5, 0.6) is 0 Å². The van der Waals surface area contributed by atoms with Gasteiger partial charge in [-0.2, -0.15) is 0 Å². The molecular formula is C65H120N4. The molecule has 4 nitrogen and oxygen atoms in total. The van der Waals surface area contributed by atoms with Gasteiger partial charge in [0.2, 0.25) is 0 Å². The summed E-state index contributed by atoms with van der Waals surface area (Å²) in [6.45, 7) is 22.5. The van der Waals surface area contributed by atoms with E-state index in [0.29, 0.717) is 0 Å². The standard InChI is InChI=1S/C65H120N4/c1-58(2)42-35-29-23-17-11-7-9-13-19-27-33-39-48-68-56-62-50-63(57-69-49-40-34-28-20-14-10-8-12-18-24-30-36-43-59(3)4)53-65(52-62)64-45-41-44-61(51-64)55-67-47-38-32-26-22-16-15-21-25-31-37-46-66-54-60(5)6/h41,44-45,50-53,58-60,66-69H,7-40,42-43,46-49,54-57H2,1-6H3. The van der Waals surface area contributed by atoms with Crippen LogP contribution in [-0.4, -0.2) is 32.7 Å². The Balaban J connectivity index is 1.70. The molecule has 0 heterocycles. The van der Waals surface area contributed by atoms with E-state index in [9.17, 15) is 0 Å². The maximum absolute atomic E-state index is 3.83. The molecule has 0 aliphatic carbocycles. The molecule has 0 spiro atoms. The Morgan fingerprint density at radius 2 is 0.565 bits per heavy atom. The fraction of sp³-hybridized carbons (Fsp3) is 0.815. The van der Waals surface area contributed by atoms with E-state index >= 15 is 0 Å². The van der Waals surface area contributed by atoms with Crippen molar-refractivity contribution in [3.05, 3.63) is 59.2 Å².